The van der Waals surface area contributed by atoms with Gasteiger partial charge in [0.25, 0.3) is 6.71 Å². The lowest BCUT2D eigenvalue weighted by atomic mass is 9.33. The summed E-state index contributed by atoms with van der Waals surface area (Å²) in [6.45, 7) is 14.9. The van der Waals surface area contributed by atoms with Crippen molar-refractivity contribution in [1.29, 1.82) is 0 Å². The molecule has 330 valence electrons. The Kier molecular flexibility index (Phi) is 8.04. The van der Waals surface area contributed by atoms with Crippen LogP contribution in [0.5, 0.6) is 0 Å². The third kappa shape index (κ3) is 4.77. The van der Waals surface area contributed by atoms with Crippen molar-refractivity contribution in [2.24, 2.45) is 0 Å². The molecule has 0 spiro atoms. The van der Waals surface area contributed by atoms with Crippen LogP contribution in [0.15, 0.2) is 146 Å². The minimum absolute atomic E-state index is 0.0273. The number of benzene rings is 7. The van der Waals surface area contributed by atoms with E-state index in [0.717, 1.165) is 25.7 Å². The molecule has 0 bridgehead atoms. The van der Waals surface area contributed by atoms with Crippen molar-refractivity contribution >= 4 is 87.4 Å². The van der Waals surface area contributed by atoms with Gasteiger partial charge in [-0.15, -0.1) is 6.17 Å². The van der Waals surface area contributed by atoms with Gasteiger partial charge >= 0.3 is 0 Å². The number of aromatic nitrogens is 1. The molecule has 8 aromatic rings. The van der Waals surface area contributed by atoms with Crippen molar-refractivity contribution in [3.05, 3.63) is 173 Å². The fourth-order valence-corrected chi connectivity index (χ4v) is 16.6. The number of para-hydroxylation sites is 2. The highest BCUT2D eigenvalue weighted by Crippen LogP contribution is 2.67. The van der Waals surface area contributed by atoms with Crippen LogP contribution in [-0.4, -0.2) is 36.9 Å². The Morgan fingerprint density at radius 3 is 1.87 bits per heavy atom. The Morgan fingerprint density at radius 2 is 1.18 bits per heavy atom. The van der Waals surface area contributed by atoms with Gasteiger partial charge in [-0.2, -0.15) is 0 Å². The van der Waals surface area contributed by atoms with Crippen LogP contribution >= 0.6 is 0 Å². The predicted octanol–water partition coefficient (Wildman–Crippen LogP) is 12.1. The van der Waals surface area contributed by atoms with E-state index in [-0.39, 0.29) is 34.0 Å². The minimum atomic E-state index is -1.04. The average molecular weight is 886 g/mol. The van der Waals surface area contributed by atoms with Crippen LogP contribution in [0.4, 0.5) is 22.7 Å². The fourth-order valence-electron chi connectivity index (χ4n) is 15.8. The molecular weight excluding hydrogens is 826 g/mol. The van der Waals surface area contributed by atoms with Crippen LogP contribution in [0.1, 0.15) is 114 Å². The third-order valence-electron chi connectivity index (χ3n) is 18.7. The SMILES string of the molecule is C=[Si](C)c1cc2c3c(c1)C1(c4ccccc4)CCCCC1(C)N3c1cc(N3c4ccc(C(C)(C)C)cc4C4(c5ccccc5)CCCCC34C)cc3c1B2c1cccc2c4ccccc4n-3c12. The van der Waals surface area contributed by atoms with Crippen molar-refractivity contribution in [3.8, 4) is 5.69 Å². The number of fused-ring (bicyclic) bond motifs is 13. The Bertz CT molecular complexity index is 3460. The normalized spacial score (nSPS) is 25.2. The summed E-state index contributed by atoms with van der Waals surface area (Å²) in [5.74, 6) is 0. The maximum Gasteiger partial charge on any atom is 0.252 e. The Morgan fingerprint density at radius 1 is 0.567 bits per heavy atom. The molecule has 0 radical (unpaired) electrons. The number of rotatable bonds is 4. The summed E-state index contributed by atoms with van der Waals surface area (Å²) >= 11 is 0. The Balaban J connectivity index is 1.14. The smallest absolute Gasteiger partial charge is 0.252 e. The molecule has 6 aliphatic rings. The number of hydrogen-bond donors (Lipinski definition) is 0. The standard InChI is InChI=1S/C62H60BN3Si/c1-58(2,3)42-29-30-52-47(35-42)61(40-21-10-8-11-22-40)33-18-16-31-59(61,4)65(52)43-36-53-55-54(37-43)66-57-48(62(41-23-12-9-13-24-41)34-19-17-32-60(62,66)5)38-44(67(6)7)39-50(57)63(55)49-27-20-26-46-45-25-14-15-28-51(45)64(53)56(46)49/h8-15,20-30,35-39H,6,16-19,31-34H2,1-5,7H3. The van der Waals surface area contributed by atoms with E-state index in [1.54, 1.807) is 5.56 Å². The zero-order valence-corrected chi connectivity index (χ0v) is 41.1. The number of nitrogens with zero attached hydrogens (tertiary/aromatic N) is 3. The first-order valence-corrected chi connectivity index (χ1v) is 27.5. The van der Waals surface area contributed by atoms with Crippen LogP contribution in [0, 0.1) is 0 Å². The van der Waals surface area contributed by atoms with Crippen molar-refractivity contribution in [1.82, 2.24) is 4.57 Å². The van der Waals surface area contributed by atoms with Crippen molar-refractivity contribution in [2.45, 2.75) is 120 Å². The third-order valence-corrected chi connectivity index (χ3v) is 19.9. The second kappa shape index (κ2) is 13.4. The van der Waals surface area contributed by atoms with Gasteiger partial charge in [0.1, 0.15) is 0 Å². The summed E-state index contributed by atoms with van der Waals surface area (Å²) in [5, 5.41) is 4.14. The molecule has 67 heavy (non-hydrogen) atoms. The lowest BCUT2D eigenvalue weighted by molar-refractivity contribution is 0.214. The largest absolute Gasteiger partial charge is 0.335 e. The summed E-state index contributed by atoms with van der Waals surface area (Å²) in [6.07, 6.45) is 14.3. The Hall–Kier alpha value is -5.91. The lowest BCUT2D eigenvalue weighted by Gasteiger charge is -2.54. The summed E-state index contributed by atoms with van der Waals surface area (Å²) in [6, 6.07) is 58.1. The van der Waals surface area contributed by atoms with Crippen LogP contribution in [-0.2, 0) is 16.2 Å². The van der Waals surface area contributed by atoms with Gasteiger partial charge in [0, 0.05) is 64.0 Å². The van der Waals surface area contributed by atoms with E-state index in [0.29, 0.717) is 0 Å². The first-order chi connectivity index (χ1) is 32.4. The van der Waals surface area contributed by atoms with Gasteiger partial charge in [-0.25, -0.2) is 0 Å². The molecule has 2 aliphatic carbocycles. The molecule has 5 heteroatoms. The molecule has 2 fully saturated rings. The molecular formula is C62H60BN3Si. The van der Waals surface area contributed by atoms with Gasteiger partial charge in [-0.3, -0.25) is 0 Å². The zero-order valence-electron chi connectivity index (χ0n) is 40.1. The van der Waals surface area contributed by atoms with Gasteiger partial charge in [0.2, 0.25) is 0 Å². The quantitative estimate of drug-likeness (QED) is 0.163. The molecule has 3 nitrogen and oxygen atoms in total. The van der Waals surface area contributed by atoms with Crippen LogP contribution < -0.4 is 31.4 Å². The van der Waals surface area contributed by atoms with Gasteiger partial charge in [0.05, 0.1) is 16.6 Å². The lowest BCUT2D eigenvalue weighted by Crippen LogP contribution is -2.64. The number of hydrogen-bond acceptors (Lipinski definition) is 2. The summed E-state index contributed by atoms with van der Waals surface area (Å²) in [7, 11) is -1.04. The maximum atomic E-state index is 4.83. The van der Waals surface area contributed by atoms with E-state index in [1.165, 1.54) is 120 Å². The van der Waals surface area contributed by atoms with Gasteiger partial charge < -0.3 is 14.4 Å². The first kappa shape index (κ1) is 40.2. The number of anilines is 4. The second-order valence-corrected chi connectivity index (χ2v) is 25.0. The highest BCUT2D eigenvalue weighted by Gasteiger charge is 2.65. The molecule has 2 saturated carbocycles. The van der Waals surface area contributed by atoms with E-state index in [2.05, 4.69) is 201 Å². The van der Waals surface area contributed by atoms with E-state index >= 15 is 0 Å². The first-order valence-electron chi connectivity index (χ1n) is 25.3. The monoisotopic (exact) mass is 885 g/mol. The molecule has 0 N–H and O–H groups in total. The van der Waals surface area contributed by atoms with Gasteiger partial charge in [-0.05, 0) is 119 Å². The van der Waals surface area contributed by atoms with Crippen LogP contribution in [0.25, 0.3) is 27.5 Å². The summed E-state index contributed by atoms with van der Waals surface area (Å²) in [5.41, 5.74) is 20.6. The molecule has 14 rings (SSSR count). The zero-order chi connectivity index (χ0) is 45.4. The Labute approximate surface area is 398 Å². The molecule has 0 amide bonds. The molecule has 5 heterocycles. The predicted molar refractivity (Wildman–Crippen MR) is 288 cm³/mol. The van der Waals surface area contributed by atoms with Crippen molar-refractivity contribution in [2.75, 3.05) is 9.80 Å². The fraction of sp³-hybridized carbons (Fsp3) is 0.306. The highest BCUT2D eigenvalue weighted by molar-refractivity contribution is 7.00. The van der Waals surface area contributed by atoms with Crippen molar-refractivity contribution < 1.29 is 0 Å². The van der Waals surface area contributed by atoms with Gasteiger partial charge in [-0.1, -0.05) is 174 Å². The topological polar surface area (TPSA) is 11.4 Å². The molecule has 4 unspecified atom stereocenters. The van der Waals surface area contributed by atoms with Gasteiger partial charge in [0.15, 0.2) is 0 Å². The van der Waals surface area contributed by atoms with Crippen LogP contribution in [0.2, 0.25) is 6.55 Å². The second-order valence-electron chi connectivity index (χ2n) is 22.8. The molecule has 0 saturated heterocycles. The molecule has 4 atom stereocenters. The molecule has 1 aromatic heterocycles. The highest BCUT2D eigenvalue weighted by atomic mass is 28.2. The average Bonchev–Trinajstić information content (AvgIpc) is 3.90. The van der Waals surface area contributed by atoms with E-state index < -0.39 is 8.41 Å². The minimum Gasteiger partial charge on any atom is -0.335 e. The van der Waals surface area contributed by atoms with Crippen molar-refractivity contribution in [3.63, 3.8) is 0 Å². The van der Waals surface area contributed by atoms with E-state index in [9.17, 15) is 0 Å². The summed E-state index contributed by atoms with van der Waals surface area (Å²) in [4.78, 5) is 5.84. The maximum absolute atomic E-state index is 4.83. The summed E-state index contributed by atoms with van der Waals surface area (Å²) < 4.78 is 2.70. The van der Waals surface area contributed by atoms with Crippen LogP contribution in [0.3, 0.4) is 0 Å². The van der Waals surface area contributed by atoms with E-state index in [1.807, 2.05) is 0 Å². The molecule has 7 aromatic carbocycles. The molecule has 4 aliphatic heterocycles. The van der Waals surface area contributed by atoms with E-state index in [4.69, 9.17) is 6.17 Å².